The molecule has 1 unspecified atom stereocenters. The molecule has 0 spiro atoms. The fourth-order valence-corrected chi connectivity index (χ4v) is 4.47. The van der Waals surface area contributed by atoms with E-state index in [-0.39, 0.29) is 13.2 Å². The van der Waals surface area contributed by atoms with E-state index in [0.717, 1.165) is 63.1 Å². The molecular formula is C23H46NO6P. The molecule has 0 bridgehead atoms. The van der Waals surface area contributed by atoms with Crippen molar-refractivity contribution in [3.05, 3.63) is 12.8 Å². The van der Waals surface area contributed by atoms with Gasteiger partial charge in [0.2, 0.25) is 0 Å². The number of quaternary nitrogens is 1. The van der Waals surface area contributed by atoms with Crippen molar-refractivity contribution in [2.45, 2.75) is 77.0 Å². The fourth-order valence-electron chi connectivity index (χ4n) is 3.73. The van der Waals surface area contributed by atoms with E-state index in [1.165, 1.54) is 57.6 Å². The highest BCUT2D eigenvalue weighted by molar-refractivity contribution is 7.45. The number of hydrogen-bond acceptors (Lipinski definition) is 6. The fraction of sp³-hybridized carbons (Fsp3) is 0.913. The van der Waals surface area contributed by atoms with E-state index in [1.807, 2.05) is 0 Å². The third-order valence-corrected chi connectivity index (χ3v) is 6.95. The van der Waals surface area contributed by atoms with Gasteiger partial charge in [-0.3, -0.25) is 4.57 Å². The van der Waals surface area contributed by atoms with Gasteiger partial charge in [0.05, 0.1) is 39.7 Å². The van der Waals surface area contributed by atoms with E-state index in [1.54, 1.807) is 0 Å². The Morgan fingerprint density at radius 2 is 1.29 bits per heavy atom. The molecule has 1 atom stereocenters. The van der Waals surface area contributed by atoms with Crippen LogP contribution in [0.2, 0.25) is 0 Å². The Kier molecular flexibility index (Phi) is 16.7. The maximum atomic E-state index is 11.9. The maximum Gasteiger partial charge on any atom is 0.268 e. The van der Waals surface area contributed by atoms with Gasteiger partial charge in [0.15, 0.2) is 0 Å². The van der Waals surface area contributed by atoms with Gasteiger partial charge < -0.3 is 27.9 Å². The second-order valence-electron chi connectivity index (χ2n) is 8.80. The largest absolute Gasteiger partial charge is 0.756 e. The van der Waals surface area contributed by atoms with Crippen molar-refractivity contribution in [1.29, 1.82) is 0 Å². The second kappa shape index (κ2) is 18.0. The number of morpholine rings is 1. The van der Waals surface area contributed by atoms with Gasteiger partial charge in [-0.25, -0.2) is 0 Å². The summed E-state index contributed by atoms with van der Waals surface area (Å²) in [7, 11) is -2.08. The highest BCUT2D eigenvalue weighted by Crippen LogP contribution is 2.38. The molecule has 1 aliphatic rings. The van der Waals surface area contributed by atoms with Gasteiger partial charge in [-0.1, -0.05) is 70.8 Å². The number of likely N-dealkylation sites (N-methyl/N-ethyl adjacent to an activating group) is 1. The lowest BCUT2D eigenvalue weighted by molar-refractivity contribution is -0.916. The Labute approximate surface area is 190 Å². The summed E-state index contributed by atoms with van der Waals surface area (Å²) >= 11 is 0. The summed E-state index contributed by atoms with van der Waals surface area (Å²) in [4.78, 5) is 11.9. The monoisotopic (exact) mass is 463 g/mol. The summed E-state index contributed by atoms with van der Waals surface area (Å²) in [5.74, 6) is 0. The summed E-state index contributed by atoms with van der Waals surface area (Å²) < 4.78 is 33.1. The zero-order valence-corrected chi connectivity index (χ0v) is 20.7. The third kappa shape index (κ3) is 16.8. The summed E-state index contributed by atoms with van der Waals surface area (Å²) in [6, 6.07) is 0. The molecule has 1 rings (SSSR count). The number of unbranched alkanes of at least 4 members (excludes halogenated alkanes) is 11. The van der Waals surface area contributed by atoms with Gasteiger partial charge >= 0.3 is 0 Å². The highest BCUT2D eigenvalue weighted by Gasteiger charge is 2.25. The van der Waals surface area contributed by atoms with Gasteiger partial charge in [0.25, 0.3) is 7.82 Å². The quantitative estimate of drug-likeness (QED) is 0.105. The van der Waals surface area contributed by atoms with Crippen molar-refractivity contribution in [1.82, 2.24) is 0 Å². The van der Waals surface area contributed by atoms with Crippen molar-refractivity contribution >= 4 is 7.82 Å². The standard InChI is InChI=1S/C23H46NO6P/c1-3-27-19-14-12-10-8-6-4-5-7-9-11-13-15-20-29-31(25,26)30-23-18-24(2)16-21-28-22-17-24/h3H,1,4-23H2,2H3. The predicted molar refractivity (Wildman–Crippen MR) is 123 cm³/mol. The van der Waals surface area contributed by atoms with Crippen LogP contribution < -0.4 is 4.89 Å². The van der Waals surface area contributed by atoms with Crippen LogP contribution in [0.1, 0.15) is 77.0 Å². The van der Waals surface area contributed by atoms with Gasteiger partial charge in [-0.15, -0.1) is 0 Å². The maximum absolute atomic E-state index is 11.9. The Morgan fingerprint density at radius 1 is 0.839 bits per heavy atom. The van der Waals surface area contributed by atoms with Crippen LogP contribution in [0.25, 0.3) is 0 Å². The van der Waals surface area contributed by atoms with Crippen molar-refractivity contribution in [2.24, 2.45) is 0 Å². The molecule has 1 saturated heterocycles. The number of phosphoric acid groups is 1. The first-order chi connectivity index (χ1) is 15.0. The molecule has 1 fully saturated rings. The van der Waals surface area contributed by atoms with Gasteiger partial charge in [-0.05, 0) is 12.8 Å². The lowest BCUT2D eigenvalue weighted by Crippen LogP contribution is -2.53. The predicted octanol–water partition coefficient (Wildman–Crippen LogP) is 4.81. The van der Waals surface area contributed by atoms with Crippen LogP contribution in [0.4, 0.5) is 0 Å². The molecule has 7 nitrogen and oxygen atoms in total. The van der Waals surface area contributed by atoms with Crippen LogP contribution in [-0.2, 0) is 23.1 Å². The number of ether oxygens (including phenoxy) is 2. The zero-order valence-electron chi connectivity index (χ0n) is 19.8. The van der Waals surface area contributed by atoms with E-state index < -0.39 is 7.82 Å². The Balaban J connectivity index is 1.84. The Morgan fingerprint density at radius 3 is 1.81 bits per heavy atom. The minimum atomic E-state index is -4.18. The first kappa shape index (κ1) is 28.6. The summed E-state index contributed by atoms with van der Waals surface area (Å²) in [5.41, 5.74) is 0. The molecule has 0 radical (unpaired) electrons. The molecule has 0 amide bonds. The van der Waals surface area contributed by atoms with E-state index in [4.69, 9.17) is 18.5 Å². The molecule has 0 saturated carbocycles. The lowest BCUT2D eigenvalue weighted by atomic mass is 10.1. The normalized spacial score (nSPS) is 17.9. The van der Waals surface area contributed by atoms with Crippen LogP contribution in [-0.4, -0.2) is 64.2 Å². The van der Waals surface area contributed by atoms with Gasteiger partial charge in [0, 0.05) is 0 Å². The molecule has 31 heavy (non-hydrogen) atoms. The highest BCUT2D eigenvalue weighted by atomic mass is 31.2. The smallest absolute Gasteiger partial charge is 0.268 e. The first-order valence-electron chi connectivity index (χ1n) is 12.2. The molecule has 0 aromatic rings. The first-order valence-corrected chi connectivity index (χ1v) is 13.7. The Bertz CT molecular complexity index is 485. The van der Waals surface area contributed by atoms with Crippen molar-refractivity contribution in [3.8, 4) is 0 Å². The topological polar surface area (TPSA) is 77.1 Å². The van der Waals surface area contributed by atoms with Crippen molar-refractivity contribution in [2.75, 3.05) is 59.7 Å². The number of rotatable bonds is 21. The number of phosphoric ester groups is 1. The van der Waals surface area contributed by atoms with Crippen molar-refractivity contribution in [3.63, 3.8) is 0 Å². The Hall–Kier alpha value is -0.430. The van der Waals surface area contributed by atoms with Gasteiger partial charge in [-0.2, -0.15) is 0 Å². The van der Waals surface area contributed by atoms with Crippen LogP contribution in [0.15, 0.2) is 12.8 Å². The minimum Gasteiger partial charge on any atom is -0.756 e. The molecule has 1 aliphatic heterocycles. The molecule has 0 aromatic heterocycles. The molecule has 0 N–H and O–H groups in total. The van der Waals surface area contributed by atoms with E-state index in [0.29, 0.717) is 6.54 Å². The lowest BCUT2D eigenvalue weighted by Gasteiger charge is -2.37. The van der Waals surface area contributed by atoms with Crippen LogP contribution in [0.5, 0.6) is 0 Å². The number of hydrogen-bond donors (Lipinski definition) is 0. The molecule has 0 aromatic carbocycles. The number of nitrogens with zero attached hydrogens (tertiary/aromatic N) is 1. The van der Waals surface area contributed by atoms with E-state index >= 15 is 0 Å². The average Bonchev–Trinajstić information content (AvgIpc) is 2.73. The summed E-state index contributed by atoms with van der Waals surface area (Å²) in [6.07, 6.45) is 15.8. The van der Waals surface area contributed by atoms with E-state index in [2.05, 4.69) is 13.6 Å². The van der Waals surface area contributed by atoms with Crippen LogP contribution >= 0.6 is 7.82 Å². The zero-order chi connectivity index (χ0) is 22.7. The molecule has 184 valence electrons. The molecule has 8 heteroatoms. The van der Waals surface area contributed by atoms with Crippen molar-refractivity contribution < 1.29 is 32.5 Å². The van der Waals surface area contributed by atoms with E-state index in [9.17, 15) is 9.46 Å². The van der Waals surface area contributed by atoms with Gasteiger partial charge in [0.1, 0.15) is 26.2 Å². The van der Waals surface area contributed by atoms with Crippen LogP contribution in [0, 0.1) is 0 Å². The molecule has 0 aliphatic carbocycles. The van der Waals surface area contributed by atoms with Crippen LogP contribution in [0.3, 0.4) is 0 Å². The average molecular weight is 464 g/mol. The molecule has 1 heterocycles. The summed E-state index contributed by atoms with van der Waals surface area (Å²) in [5, 5.41) is 0. The molecular weight excluding hydrogens is 417 g/mol. The summed E-state index contributed by atoms with van der Waals surface area (Å²) in [6.45, 7) is 8.59. The second-order valence-corrected chi connectivity index (χ2v) is 10.2. The minimum absolute atomic E-state index is 0.168. The SMILES string of the molecule is C=COCCCCCCCCCCCCCCOP(=O)([O-])OCC[N+]1(C)CCOCC1. The third-order valence-electron chi connectivity index (χ3n) is 5.96.